The zero-order chi connectivity index (χ0) is 11.4. The number of nitrogens with one attached hydrogen (secondary N) is 1. The third-order valence-corrected chi connectivity index (χ3v) is 2.51. The molecule has 1 aromatic heterocycles. The molecule has 3 nitrogen and oxygen atoms in total. The highest BCUT2D eigenvalue weighted by molar-refractivity contribution is 5.28. The molecule has 1 unspecified atom stereocenters. The van der Waals surface area contributed by atoms with E-state index >= 15 is 0 Å². The number of hydrogen-bond donors (Lipinski definition) is 1. The van der Waals surface area contributed by atoms with Crippen molar-refractivity contribution in [2.24, 2.45) is 0 Å². The van der Waals surface area contributed by atoms with Crippen LogP contribution >= 0.6 is 0 Å². The predicted molar refractivity (Wildman–Crippen MR) is 64.1 cm³/mol. The first-order chi connectivity index (χ1) is 7.81. The predicted octanol–water partition coefficient (Wildman–Crippen LogP) is 2.09. The lowest BCUT2D eigenvalue weighted by Crippen LogP contribution is -2.20. The SMILES string of the molecule is CNC(c1cccc(C)c1)c1ncccn1. The van der Waals surface area contributed by atoms with Crippen molar-refractivity contribution in [2.45, 2.75) is 13.0 Å². The van der Waals surface area contributed by atoms with Gasteiger partial charge < -0.3 is 5.32 Å². The van der Waals surface area contributed by atoms with Crippen molar-refractivity contribution in [3.05, 3.63) is 59.7 Å². The summed E-state index contributed by atoms with van der Waals surface area (Å²) in [5.41, 5.74) is 2.43. The van der Waals surface area contributed by atoms with Gasteiger partial charge in [-0.25, -0.2) is 9.97 Å². The number of hydrogen-bond acceptors (Lipinski definition) is 3. The van der Waals surface area contributed by atoms with Gasteiger partial charge in [-0.15, -0.1) is 0 Å². The standard InChI is InChI=1S/C13H15N3/c1-10-5-3-6-11(9-10)12(14-2)13-15-7-4-8-16-13/h3-9,12,14H,1-2H3. The Balaban J connectivity index is 2.37. The Hall–Kier alpha value is -1.74. The molecule has 0 spiro atoms. The maximum atomic E-state index is 4.28. The summed E-state index contributed by atoms with van der Waals surface area (Å²) in [6.45, 7) is 2.09. The van der Waals surface area contributed by atoms with E-state index in [9.17, 15) is 0 Å². The molecule has 1 N–H and O–H groups in total. The van der Waals surface area contributed by atoms with Crippen molar-refractivity contribution >= 4 is 0 Å². The number of aryl methyl sites for hydroxylation is 1. The summed E-state index contributed by atoms with van der Waals surface area (Å²) in [5, 5.41) is 3.24. The largest absolute Gasteiger partial charge is 0.307 e. The minimum atomic E-state index is 0.0566. The van der Waals surface area contributed by atoms with Crippen LogP contribution in [0.5, 0.6) is 0 Å². The van der Waals surface area contributed by atoms with Crippen LogP contribution in [0, 0.1) is 6.92 Å². The van der Waals surface area contributed by atoms with Gasteiger partial charge in [-0.1, -0.05) is 29.8 Å². The summed E-state index contributed by atoms with van der Waals surface area (Å²) in [4.78, 5) is 8.56. The van der Waals surface area contributed by atoms with Crippen LogP contribution in [0.25, 0.3) is 0 Å². The van der Waals surface area contributed by atoms with Crippen molar-refractivity contribution in [1.29, 1.82) is 0 Å². The molecule has 1 heterocycles. The highest BCUT2D eigenvalue weighted by Crippen LogP contribution is 2.18. The van der Waals surface area contributed by atoms with Gasteiger partial charge in [0.2, 0.25) is 0 Å². The van der Waals surface area contributed by atoms with E-state index in [0.29, 0.717) is 0 Å². The summed E-state index contributed by atoms with van der Waals surface area (Å²) in [7, 11) is 1.92. The van der Waals surface area contributed by atoms with E-state index in [1.165, 1.54) is 11.1 Å². The second-order valence-electron chi connectivity index (χ2n) is 3.74. The van der Waals surface area contributed by atoms with Crippen molar-refractivity contribution in [3.8, 4) is 0 Å². The van der Waals surface area contributed by atoms with Crippen LogP contribution in [0.3, 0.4) is 0 Å². The normalized spacial score (nSPS) is 12.4. The second kappa shape index (κ2) is 4.86. The number of benzene rings is 1. The number of aromatic nitrogens is 2. The van der Waals surface area contributed by atoms with E-state index < -0.39 is 0 Å². The third kappa shape index (κ3) is 2.25. The molecule has 3 heteroatoms. The molecule has 82 valence electrons. The molecule has 2 rings (SSSR count). The van der Waals surface area contributed by atoms with Gasteiger partial charge in [0.05, 0.1) is 6.04 Å². The monoisotopic (exact) mass is 213 g/mol. The van der Waals surface area contributed by atoms with Crippen molar-refractivity contribution in [3.63, 3.8) is 0 Å². The Labute approximate surface area is 95.6 Å². The van der Waals surface area contributed by atoms with Gasteiger partial charge >= 0.3 is 0 Å². The summed E-state index contributed by atoms with van der Waals surface area (Å²) in [6.07, 6.45) is 3.53. The van der Waals surface area contributed by atoms with Crippen LogP contribution in [0.2, 0.25) is 0 Å². The fourth-order valence-corrected chi connectivity index (χ4v) is 1.75. The molecule has 0 aliphatic rings. The highest BCUT2D eigenvalue weighted by atomic mass is 15.0. The van der Waals surface area contributed by atoms with Crippen LogP contribution in [0.4, 0.5) is 0 Å². The van der Waals surface area contributed by atoms with Crippen LogP contribution in [-0.4, -0.2) is 17.0 Å². The quantitative estimate of drug-likeness (QED) is 0.848. The molecule has 0 fully saturated rings. The van der Waals surface area contributed by atoms with Crippen molar-refractivity contribution < 1.29 is 0 Å². The first kappa shape index (κ1) is 10.8. The zero-order valence-electron chi connectivity index (χ0n) is 9.51. The Bertz CT molecular complexity index is 454. The van der Waals surface area contributed by atoms with Crippen LogP contribution in [0.1, 0.15) is 23.0 Å². The lowest BCUT2D eigenvalue weighted by atomic mass is 10.0. The molecule has 2 aromatic rings. The highest BCUT2D eigenvalue weighted by Gasteiger charge is 2.13. The van der Waals surface area contributed by atoms with Crippen molar-refractivity contribution in [2.75, 3.05) is 7.05 Å². The fraction of sp³-hybridized carbons (Fsp3) is 0.231. The lowest BCUT2D eigenvalue weighted by Gasteiger charge is -2.15. The average Bonchev–Trinajstić information content (AvgIpc) is 2.31. The van der Waals surface area contributed by atoms with E-state index in [0.717, 1.165) is 5.82 Å². The van der Waals surface area contributed by atoms with Crippen LogP contribution < -0.4 is 5.32 Å². The molecule has 0 saturated heterocycles. The summed E-state index contributed by atoms with van der Waals surface area (Å²) in [6, 6.07) is 10.3. The first-order valence-electron chi connectivity index (χ1n) is 5.32. The topological polar surface area (TPSA) is 37.8 Å². The van der Waals surface area contributed by atoms with Gasteiger partial charge in [0.1, 0.15) is 5.82 Å². The molecule has 1 atom stereocenters. The minimum Gasteiger partial charge on any atom is -0.307 e. The lowest BCUT2D eigenvalue weighted by molar-refractivity contribution is 0.646. The van der Waals surface area contributed by atoms with E-state index in [4.69, 9.17) is 0 Å². The van der Waals surface area contributed by atoms with Gasteiger partial charge in [0.15, 0.2) is 0 Å². The maximum absolute atomic E-state index is 4.28. The van der Waals surface area contributed by atoms with Gasteiger partial charge in [0.25, 0.3) is 0 Å². The second-order valence-corrected chi connectivity index (χ2v) is 3.74. The Morgan fingerprint density at radius 2 is 1.88 bits per heavy atom. The maximum Gasteiger partial charge on any atom is 0.149 e. The Morgan fingerprint density at radius 1 is 1.12 bits per heavy atom. The first-order valence-corrected chi connectivity index (χ1v) is 5.32. The summed E-state index contributed by atoms with van der Waals surface area (Å²) >= 11 is 0. The minimum absolute atomic E-state index is 0.0566. The molecule has 0 aliphatic carbocycles. The van der Waals surface area contributed by atoms with E-state index in [1.54, 1.807) is 12.4 Å². The smallest absolute Gasteiger partial charge is 0.149 e. The van der Waals surface area contributed by atoms with E-state index in [1.807, 2.05) is 13.1 Å². The third-order valence-electron chi connectivity index (χ3n) is 2.51. The van der Waals surface area contributed by atoms with Gasteiger partial charge in [-0.2, -0.15) is 0 Å². The van der Waals surface area contributed by atoms with Gasteiger partial charge in [-0.3, -0.25) is 0 Å². The summed E-state index contributed by atoms with van der Waals surface area (Å²) < 4.78 is 0. The van der Waals surface area contributed by atoms with E-state index in [-0.39, 0.29) is 6.04 Å². The molecule has 0 bridgehead atoms. The Morgan fingerprint density at radius 3 is 2.50 bits per heavy atom. The molecule has 0 radical (unpaired) electrons. The van der Waals surface area contributed by atoms with Gasteiger partial charge in [-0.05, 0) is 25.6 Å². The fourth-order valence-electron chi connectivity index (χ4n) is 1.75. The van der Waals surface area contributed by atoms with Gasteiger partial charge in [0, 0.05) is 12.4 Å². The molecule has 0 aliphatic heterocycles. The van der Waals surface area contributed by atoms with Crippen molar-refractivity contribution in [1.82, 2.24) is 15.3 Å². The summed E-state index contributed by atoms with van der Waals surface area (Å²) in [5.74, 6) is 0.801. The molecule has 0 amide bonds. The Kier molecular flexibility index (Phi) is 3.27. The molecular weight excluding hydrogens is 198 g/mol. The van der Waals surface area contributed by atoms with E-state index in [2.05, 4.69) is 46.5 Å². The number of nitrogens with zero attached hydrogens (tertiary/aromatic N) is 2. The molecular formula is C13H15N3. The molecule has 1 aromatic carbocycles. The van der Waals surface area contributed by atoms with Crippen LogP contribution in [0.15, 0.2) is 42.7 Å². The molecule has 16 heavy (non-hydrogen) atoms. The number of rotatable bonds is 3. The molecule has 0 saturated carbocycles. The average molecular weight is 213 g/mol. The van der Waals surface area contributed by atoms with Crippen LogP contribution in [-0.2, 0) is 0 Å². The zero-order valence-corrected chi connectivity index (χ0v) is 9.51.